The molecule has 0 radical (unpaired) electrons. The van der Waals surface area contributed by atoms with E-state index in [1.54, 1.807) is 6.07 Å². The van der Waals surface area contributed by atoms with E-state index in [1.165, 1.54) is 30.5 Å². The Morgan fingerprint density at radius 1 is 1.15 bits per heavy atom. The van der Waals surface area contributed by atoms with Crippen molar-refractivity contribution >= 4 is 0 Å². The zero-order valence-corrected chi connectivity index (χ0v) is 16.5. The Morgan fingerprint density at radius 3 is 2.62 bits per heavy atom. The van der Waals surface area contributed by atoms with Crippen LogP contribution in [0, 0.1) is 5.92 Å². The second kappa shape index (κ2) is 8.26. The predicted molar refractivity (Wildman–Crippen MR) is 110 cm³/mol. The normalized spacial score (nSPS) is 25.1. The first-order chi connectivity index (χ1) is 12.5. The molecule has 0 spiro atoms. The van der Waals surface area contributed by atoms with Gasteiger partial charge in [-0.15, -0.1) is 0 Å². The Morgan fingerprint density at radius 2 is 1.92 bits per heavy atom. The van der Waals surface area contributed by atoms with Gasteiger partial charge in [0, 0.05) is 6.54 Å². The van der Waals surface area contributed by atoms with Crippen molar-refractivity contribution in [2.24, 2.45) is 5.92 Å². The van der Waals surface area contributed by atoms with Gasteiger partial charge in [-0.1, -0.05) is 63.2 Å². The summed E-state index contributed by atoms with van der Waals surface area (Å²) < 4.78 is 0. The molecule has 1 fully saturated rings. The number of benzene rings is 2. The summed E-state index contributed by atoms with van der Waals surface area (Å²) >= 11 is 0. The molecule has 0 saturated carbocycles. The van der Waals surface area contributed by atoms with E-state index in [1.807, 2.05) is 12.1 Å². The number of likely N-dealkylation sites (tertiary alicyclic amines) is 1. The van der Waals surface area contributed by atoms with Crippen LogP contribution >= 0.6 is 0 Å². The van der Waals surface area contributed by atoms with Crippen LogP contribution in [0.1, 0.15) is 57.1 Å². The van der Waals surface area contributed by atoms with Gasteiger partial charge in [0.15, 0.2) is 0 Å². The zero-order chi connectivity index (χ0) is 18.6. The maximum atomic E-state index is 9.85. The largest absolute Gasteiger partial charge is 0.508 e. The van der Waals surface area contributed by atoms with Gasteiger partial charge in [0.25, 0.3) is 0 Å². The molecule has 1 aliphatic heterocycles. The summed E-state index contributed by atoms with van der Waals surface area (Å²) in [6, 6.07) is 18.7. The summed E-state index contributed by atoms with van der Waals surface area (Å²) in [5.41, 5.74) is 2.89. The number of phenols is 1. The highest BCUT2D eigenvalue weighted by Crippen LogP contribution is 2.40. The van der Waals surface area contributed by atoms with Crippen LogP contribution in [-0.2, 0) is 5.41 Å². The molecule has 1 aliphatic rings. The van der Waals surface area contributed by atoms with Gasteiger partial charge in [0.05, 0.1) is 0 Å². The molecule has 2 heteroatoms. The van der Waals surface area contributed by atoms with Crippen LogP contribution in [0.25, 0.3) is 0 Å². The highest BCUT2D eigenvalue weighted by atomic mass is 16.3. The van der Waals surface area contributed by atoms with Gasteiger partial charge in [-0.25, -0.2) is 0 Å². The molecule has 1 heterocycles. The zero-order valence-electron chi connectivity index (χ0n) is 16.5. The molecule has 3 unspecified atom stereocenters. The standard InChI is InChI=1S/C24H33NO/c1-19(21-10-5-4-6-11-21)9-8-15-25-16-14-24(3,20(2)18-25)22-12-7-13-23(26)17-22/h4-7,10-13,17,19-20,26H,8-9,14-16,18H2,1-3H3. The van der Waals surface area contributed by atoms with Crippen LogP contribution in [0.2, 0.25) is 0 Å². The molecule has 26 heavy (non-hydrogen) atoms. The second-order valence-corrected chi connectivity index (χ2v) is 8.37. The highest BCUT2D eigenvalue weighted by Gasteiger charge is 2.37. The Balaban J connectivity index is 1.51. The number of rotatable bonds is 6. The molecule has 1 saturated heterocycles. The average Bonchev–Trinajstić information content (AvgIpc) is 2.65. The summed E-state index contributed by atoms with van der Waals surface area (Å²) in [5.74, 6) is 1.61. The lowest BCUT2D eigenvalue weighted by molar-refractivity contribution is 0.109. The van der Waals surface area contributed by atoms with Crippen molar-refractivity contribution in [2.45, 2.75) is 51.4 Å². The number of aromatic hydroxyl groups is 1. The van der Waals surface area contributed by atoms with Gasteiger partial charge in [-0.2, -0.15) is 0 Å². The SMILES string of the molecule is CC(CCCN1CCC(C)(c2cccc(O)c2)C(C)C1)c1ccccc1. The van der Waals surface area contributed by atoms with Gasteiger partial charge in [0.2, 0.25) is 0 Å². The van der Waals surface area contributed by atoms with Crippen molar-refractivity contribution < 1.29 is 5.11 Å². The third-order valence-electron chi connectivity index (χ3n) is 6.55. The molecule has 0 aliphatic carbocycles. The van der Waals surface area contributed by atoms with Crippen molar-refractivity contribution in [3.63, 3.8) is 0 Å². The van der Waals surface area contributed by atoms with Crippen molar-refractivity contribution in [3.8, 4) is 5.75 Å². The molecule has 140 valence electrons. The van der Waals surface area contributed by atoms with E-state index in [0.717, 1.165) is 19.5 Å². The third-order valence-corrected chi connectivity index (χ3v) is 6.55. The van der Waals surface area contributed by atoms with E-state index in [-0.39, 0.29) is 5.41 Å². The smallest absolute Gasteiger partial charge is 0.115 e. The van der Waals surface area contributed by atoms with Crippen LogP contribution in [0.5, 0.6) is 5.75 Å². The third kappa shape index (κ3) is 4.29. The Labute approximate surface area is 158 Å². The Hall–Kier alpha value is -1.80. The number of hydrogen-bond acceptors (Lipinski definition) is 2. The Bertz CT molecular complexity index is 698. The molecule has 2 nitrogen and oxygen atoms in total. The number of nitrogens with zero attached hydrogens (tertiary/aromatic N) is 1. The van der Waals surface area contributed by atoms with Crippen molar-refractivity contribution in [1.82, 2.24) is 4.90 Å². The maximum absolute atomic E-state index is 9.85. The lowest BCUT2D eigenvalue weighted by Crippen LogP contribution is -2.47. The van der Waals surface area contributed by atoms with E-state index in [2.05, 4.69) is 62.1 Å². The monoisotopic (exact) mass is 351 g/mol. The van der Waals surface area contributed by atoms with E-state index in [9.17, 15) is 5.11 Å². The Kier molecular flexibility index (Phi) is 6.03. The number of hydrogen-bond donors (Lipinski definition) is 1. The van der Waals surface area contributed by atoms with Crippen LogP contribution in [0.15, 0.2) is 54.6 Å². The van der Waals surface area contributed by atoms with Crippen LogP contribution < -0.4 is 0 Å². The lowest BCUT2D eigenvalue weighted by Gasteiger charge is -2.45. The molecule has 1 N–H and O–H groups in total. The minimum absolute atomic E-state index is 0.159. The fourth-order valence-corrected chi connectivity index (χ4v) is 4.38. The minimum Gasteiger partial charge on any atom is -0.508 e. The molecule has 0 amide bonds. The maximum Gasteiger partial charge on any atom is 0.115 e. The van der Waals surface area contributed by atoms with E-state index >= 15 is 0 Å². The second-order valence-electron chi connectivity index (χ2n) is 8.37. The number of piperidine rings is 1. The lowest BCUT2D eigenvalue weighted by atomic mass is 9.68. The molecule has 0 aromatic heterocycles. The van der Waals surface area contributed by atoms with E-state index in [0.29, 0.717) is 17.6 Å². The molecule has 3 atom stereocenters. The first kappa shape index (κ1) is 19.0. The van der Waals surface area contributed by atoms with Gasteiger partial charge >= 0.3 is 0 Å². The van der Waals surface area contributed by atoms with Gasteiger partial charge in [0.1, 0.15) is 5.75 Å². The molecular formula is C24H33NO. The summed E-state index contributed by atoms with van der Waals surface area (Å²) in [5, 5.41) is 9.85. The molecule has 3 rings (SSSR count). The van der Waals surface area contributed by atoms with Crippen molar-refractivity contribution in [2.75, 3.05) is 19.6 Å². The van der Waals surface area contributed by atoms with E-state index < -0.39 is 0 Å². The summed E-state index contributed by atoms with van der Waals surface area (Å²) in [4.78, 5) is 2.63. The first-order valence-electron chi connectivity index (χ1n) is 10.1. The summed E-state index contributed by atoms with van der Waals surface area (Å²) in [7, 11) is 0. The van der Waals surface area contributed by atoms with Crippen molar-refractivity contribution in [1.29, 1.82) is 0 Å². The van der Waals surface area contributed by atoms with Crippen LogP contribution in [0.3, 0.4) is 0 Å². The van der Waals surface area contributed by atoms with Gasteiger partial charge in [-0.05, 0) is 72.9 Å². The van der Waals surface area contributed by atoms with Gasteiger partial charge < -0.3 is 10.0 Å². The van der Waals surface area contributed by atoms with Crippen molar-refractivity contribution in [3.05, 3.63) is 65.7 Å². The molecule has 2 aromatic rings. The molecular weight excluding hydrogens is 318 g/mol. The minimum atomic E-state index is 0.159. The molecule has 2 aromatic carbocycles. The molecule has 0 bridgehead atoms. The topological polar surface area (TPSA) is 23.5 Å². The van der Waals surface area contributed by atoms with Crippen LogP contribution in [0.4, 0.5) is 0 Å². The average molecular weight is 352 g/mol. The summed E-state index contributed by atoms with van der Waals surface area (Å²) in [6.45, 7) is 10.6. The predicted octanol–water partition coefficient (Wildman–Crippen LogP) is 5.58. The van der Waals surface area contributed by atoms with E-state index in [4.69, 9.17) is 0 Å². The van der Waals surface area contributed by atoms with Gasteiger partial charge in [-0.3, -0.25) is 0 Å². The fraction of sp³-hybridized carbons (Fsp3) is 0.500. The quantitative estimate of drug-likeness (QED) is 0.735. The highest BCUT2D eigenvalue weighted by molar-refractivity contribution is 5.33. The number of phenolic OH excluding ortho intramolecular Hbond substituents is 1. The van der Waals surface area contributed by atoms with Crippen LogP contribution in [-0.4, -0.2) is 29.6 Å². The first-order valence-corrected chi connectivity index (χ1v) is 10.1. The fourth-order valence-electron chi connectivity index (χ4n) is 4.38. The summed E-state index contributed by atoms with van der Waals surface area (Å²) in [6.07, 6.45) is 3.66.